The average Bonchev–Trinajstić information content (AvgIpc) is 2.16. The maximum absolute atomic E-state index is 11.3. The van der Waals surface area contributed by atoms with E-state index in [1.165, 1.54) is 6.29 Å². The van der Waals surface area contributed by atoms with Crippen LogP contribution in [0.3, 0.4) is 0 Å². The Labute approximate surface area is 83.0 Å². The molecule has 0 saturated heterocycles. The number of carbonyl (C=O) groups excluding carboxylic acids is 1. The minimum Gasteiger partial charge on any atom is -0.286 e. The van der Waals surface area contributed by atoms with Crippen molar-refractivity contribution in [2.45, 2.75) is 5.75 Å². The molecule has 0 saturated carbocycles. The highest BCUT2D eigenvalue weighted by Gasteiger charge is 2.06. The Kier molecular flexibility index (Phi) is 3.59. The van der Waals surface area contributed by atoms with Crippen LogP contribution >= 0.6 is 0 Å². The number of benzene rings is 1. The van der Waals surface area contributed by atoms with Crippen LogP contribution in [0.5, 0.6) is 0 Å². The molecule has 14 heavy (non-hydrogen) atoms. The summed E-state index contributed by atoms with van der Waals surface area (Å²) in [4.78, 5) is 9.83. The van der Waals surface area contributed by atoms with E-state index in [1.807, 2.05) is 6.07 Å². The summed E-state index contributed by atoms with van der Waals surface area (Å²) < 4.78 is 22.6. The fourth-order valence-corrected chi connectivity index (χ4v) is 2.00. The SMILES string of the molecule is O=[C]C=CS(=O)(=O)Cc1ccccc1. The third-order valence-electron chi connectivity index (χ3n) is 1.55. The second-order valence-corrected chi connectivity index (χ2v) is 4.60. The summed E-state index contributed by atoms with van der Waals surface area (Å²) in [5.41, 5.74) is 0.697. The quantitative estimate of drug-likeness (QED) is 0.701. The van der Waals surface area contributed by atoms with Crippen LogP contribution in [-0.2, 0) is 20.4 Å². The first-order chi connectivity index (χ1) is 6.64. The lowest BCUT2D eigenvalue weighted by atomic mass is 10.2. The summed E-state index contributed by atoms with van der Waals surface area (Å²) >= 11 is 0. The van der Waals surface area contributed by atoms with Gasteiger partial charge in [0.15, 0.2) is 9.84 Å². The average molecular weight is 209 g/mol. The molecule has 0 unspecified atom stereocenters. The first-order valence-corrected chi connectivity index (χ1v) is 5.66. The van der Waals surface area contributed by atoms with Crippen molar-refractivity contribution < 1.29 is 13.2 Å². The van der Waals surface area contributed by atoms with E-state index in [-0.39, 0.29) is 5.75 Å². The number of hydrogen-bond donors (Lipinski definition) is 0. The summed E-state index contributed by atoms with van der Waals surface area (Å²) in [5, 5.41) is 0.868. The van der Waals surface area contributed by atoms with Crippen molar-refractivity contribution in [3.8, 4) is 0 Å². The molecule has 0 fully saturated rings. The van der Waals surface area contributed by atoms with Crippen molar-refractivity contribution in [3.05, 3.63) is 47.4 Å². The van der Waals surface area contributed by atoms with Crippen LogP contribution < -0.4 is 0 Å². The molecule has 0 spiro atoms. The van der Waals surface area contributed by atoms with E-state index in [4.69, 9.17) is 0 Å². The largest absolute Gasteiger partial charge is 0.286 e. The molecule has 0 bridgehead atoms. The monoisotopic (exact) mass is 209 g/mol. The predicted molar refractivity (Wildman–Crippen MR) is 53.9 cm³/mol. The van der Waals surface area contributed by atoms with Gasteiger partial charge in [0.1, 0.15) is 0 Å². The van der Waals surface area contributed by atoms with E-state index in [1.54, 1.807) is 24.3 Å². The van der Waals surface area contributed by atoms with Crippen molar-refractivity contribution in [3.63, 3.8) is 0 Å². The summed E-state index contributed by atoms with van der Waals surface area (Å²) in [5.74, 6) is -0.0913. The van der Waals surface area contributed by atoms with Gasteiger partial charge in [-0.3, -0.25) is 4.79 Å². The predicted octanol–water partition coefficient (Wildman–Crippen LogP) is 1.22. The van der Waals surface area contributed by atoms with Crippen molar-refractivity contribution in [1.29, 1.82) is 0 Å². The lowest BCUT2D eigenvalue weighted by molar-refractivity contribution is 0.564. The van der Waals surface area contributed by atoms with Crippen molar-refractivity contribution >= 4 is 16.1 Å². The smallest absolute Gasteiger partial charge is 0.226 e. The van der Waals surface area contributed by atoms with E-state index in [9.17, 15) is 13.2 Å². The molecule has 0 atom stereocenters. The first-order valence-electron chi connectivity index (χ1n) is 3.95. The molecule has 4 heteroatoms. The van der Waals surface area contributed by atoms with E-state index >= 15 is 0 Å². The fourth-order valence-electron chi connectivity index (χ4n) is 0.986. The maximum Gasteiger partial charge on any atom is 0.226 e. The highest BCUT2D eigenvalue weighted by molar-refractivity contribution is 7.93. The van der Waals surface area contributed by atoms with Gasteiger partial charge in [0.2, 0.25) is 6.29 Å². The molecule has 0 N–H and O–H groups in total. The Balaban J connectivity index is 2.79. The molecule has 0 aliphatic rings. The molecule has 1 aromatic rings. The van der Waals surface area contributed by atoms with E-state index in [2.05, 4.69) is 0 Å². The number of sulfone groups is 1. The van der Waals surface area contributed by atoms with Gasteiger partial charge in [0.25, 0.3) is 0 Å². The lowest BCUT2D eigenvalue weighted by Gasteiger charge is -1.97. The molecule has 1 radical (unpaired) electrons. The molecule has 0 heterocycles. The summed E-state index contributed by atoms with van der Waals surface area (Å²) in [6, 6.07) is 8.78. The molecule has 1 aromatic carbocycles. The van der Waals surface area contributed by atoms with Crippen LogP contribution in [0.2, 0.25) is 0 Å². The molecule has 0 aliphatic carbocycles. The van der Waals surface area contributed by atoms with E-state index in [0.717, 1.165) is 11.5 Å². The Bertz CT molecular complexity index is 418. The van der Waals surface area contributed by atoms with Crippen LogP contribution in [0.25, 0.3) is 0 Å². The first kappa shape index (κ1) is 10.7. The van der Waals surface area contributed by atoms with Crippen LogP contribution in [-0.4, -0.2) is 14.7 Å². The normalized spacial score (nSPS) is 11.7. The minimum absolute atomic E-state index is 0.0913. The van der Waals surface area contributed by atoms with Gasteiger partial charge in [0, 0.05) is 11.5 Å². The van der Waals surface area contributed by atoms with Gasteiger partial charge >= 0.3 is 0 Å². The van der Waals surface area contributed by atoms with E-state index < -0.39 is 9.84 Å². The van der Waals surface area contributed by atoms with Crippen molar-refractivity contribution in [2.75, 3.05) is 0 Å². The van der Waals surface area contributed by atoms with Gasteiger partial charge in [-0.25, -0.2) is 8.42 Å². The second-order valence-electron chi connectivity index (χ2n) is 2.71. The molecule has 0 amide bonds. The van der Waals surface area contributed by atoms with Gasteiger partial charge in [-0.15, -0.1) is 0 Å². The number of rotatable bonds is 4. The van der Waals surface area contributed by atoms with Gasteiger partial charge < -0.3 is 0 Å². The molecule has 73 valence electrons. The third kappa shape index (κ3) is 3.53. The zero-order valence-electron chi connectivity index (χ0n) is 7.38. The second kappa shape index (κ2) is 4.72. The molecule has 0 aromatic heterocycles. The summed E-state index contributed by atoms with van der Waals surface area (Å²) in [7, 11) is -3.34. The van der Waals surface area contributed by atoms with Crippen LogP contribution in [0.4, 0.5) is 0 Å². The van der Waals surface area contributed by atoms with Crippen LogP contribution in [0.1, 0.15) is 5.56 Å². The molecular weight excluding hydrogens is 200 g/mol. The molecule has 0 aliphatic heterocycles. The number of hydrogen-bond acceptors (Lipinski definition) is 3. The van der Waals surface area contributed by atoms with Crippen LogP contribution in [0, 0.1) is 0 Å². The minimum atomic E-state index is -3.34. The zero-order chi connectivity index (χ0) is 10.4. The highest BCUT2D eigenvalue weighted by Crippen LogP contribution is 2.06. The van der Waals surface area contributed by atoms with E-state index in [0.29, 0.717) is 5.56 Å². The molecule has 1 rings (SSSR count). The van der Waals surface area contributed by atoms with Crippen molar-refractivity contribution in [1.82, 2.24) is 0 Å². The van der Waals surface area contributed by atoms with Crippen LogP contribution in [0.15, 0.2) is 41.8 Å². The molecule has 3 nitrogen and oxygen atoms in total. The third-order valence-corrected chi connectivity index (χ3v) is 2.84. The lowest BCUT2D eigenvalue weighted by Crippen LogP contribution is -1.99. The maximum atomic E-state index is 11.3. The standard InChI is InChI=1S/C10H9O3S/c11-7-4-8-14(12,13)9-10-5-2-1-3-6-10/h1-6,8H,9H2. The van der Waals surface area contributed by atoms with Crippen molar-refractivity contribution in [2.24, 2.45) is 0 Å². The highest BCUT2D eigenvalue weighted by atomic mass is 32.2. The van der Waals surface area contributed by atoms with Gasteiger partial charge in [-0.2, -0.15) is 0 Å². The topological polar surface area (TPSA) is 51.2 Å². The summed E-state index contributed by atoms with van der Waals surface area (Å²) in [6.45, 7) is 0. The van der Waals surface area contributed by atoms with Gasteiger partial charge in [0.05, 0.1) is 5.75 Å². The van der Waals surface area contributed by atoms with Gasteiger partial charge in [-0.05, 0) is 5.56 Å². The number of allylic oxidation sites excluding steroid dienone is 1. The Morgan fingerprint density at radius 3 is 2.43 bits per heavy atom. The Hall–Kier alpha value is -1.42. The Morgan fingerprint density at radius 1 is 1.21 bits per heavy atom. The Morgan fingerprint density at radius 2 is 1.86 bits per heavy atom. The molecular formula is C10H9O3S. The zero-order valence-corrected chi connectivity index (χ0v) is 8.20. The summed E-state index contributed by atoms with van der Waals surface area (Å²) in [6.07, 6.45) is 2.26. The fraction of sp³-hybridized carbons (Fsp3) is 0.100. The van der Waals surface area contributed by atoms with Gasteiger partial charge in [-0.1, -0.05) is 30.3 Å².